The summed E-state index contributed by atoms with van der Waals surface area (Å²) in [6, 6.07) is 17.1. The van der Waals surface area contributed by atoms with Gasteiger partial charge in [0.15, 0.2) is 5.96 Å². The zero-order valence-electron chi connectivity index (χ0n) is 19.4. The fraction of sp³-hybridized carbons (Fsp3) is 0.240. The number of amides is 1. The number of nitrogens with zero attached hydrogens (tertiary/aromatic N) is 3. The molecular formula is C25H29FIN5O2. The van der Waals surface area contributed by atoms with E-state index in [9.17, 15) is 9.18 Å². The van der Waals surface area contributed by atoms with E-state index < -0.39 is 0 Å². The molecule has 0 fully saturated rings. The summed E-state index contributed by atoms with van der Waals surface area (Å²) < 4.78 is 18.7. The van der Waals surface area contributed by atoms with Gasteiger partial charge in [-0.15, -0.1) is 24.0 Å². The van der Waals surface area contributed by atoms with E-state index in [1.807, 2.05) is 36.4 Å². The molecule has 2 N–H and O–H groups in total. The first-order valence-electron chi connectivity index (χ1n) is 10.6. The molecule has 0 saturated carbocycles. The lowest BCUT2D eigenvalue weighted by atomic mass is 10.1. The average Bonchev–Trinajstić information content (AvgIpc) is 2.82. The molecule has 0 radical (unpaired) electrons. The van der Waals surface area contributed by atoms with E-state index in [4.69, 9.17) is 4.74 Å². The third kappa shape index (κ3) is 8.29. The van der Waals surface area contributed by atoms with Crippen molar-refractivity contribution in [2.24, 2.45) is 4.99 Å². The monoisotopic (exact) mass is 577 g/mol. The molecule has 0 aliphatic rings. The average molecular weight is 577 g/mol. The summed E-state index contributed by atoms with van der Waals surface area (Å²) in [5.41, 5.74) is 2.71. The number of nitrogens with one attached hydrogen (secondary N) is 2. The maximum absolute atomic E-state index is 13.1. The summed E-state index contributed by atoms with van der Waals surface area (Å²) >= 11 is 0. The predicted octanol–water partition coefficient (Wildman–Crippen LogP) is 4.24. The van der Waals surface area contributed by atoms with Crippen molar-refractivity contribution >= 4 is 35.8 Å². The Bertz CT molecular complexity index is 1110. The quantitative estimate of drug-likeness (QED) is 0.238. The Morgan fingerprint density at radius 3 is 2.53 bits per heavy atom. The largest absolute Gasteiger partial charge is 0.439 e. The van der Waals surface area contributed by atoms with Crippen LogP contribution >= 0.6 is 24.0 Å². The summed E-state index contributed by atoms with van der Waals surface area (Å²) in [6.07, 6.45) is 2.41. The first kappa shape index (κ1) is 27.0. The molecule has 1 amide bonds. The van der Waals surface area contributed by atoms with Crippen LogP contribution in [0.25, 0.3) is 0 Å². The number of pyridine rings is 1. The van der Waals surface area contributed by atoms with Crippen LogP contribution in [0.3, 0.4) is 0 Å². The van der Waals surface area contributed by atoms with Crippen molar-refractivity contribution in [2.75, 3.05) is 27.7 Å². The molecule has 3 rings (SSSR count). The van der Waals surface area contributed by atoms with Crippen LogP contribution in [0.1, 0.15) is 21.5 Å². The van der Waals surface area contributed by atoms with Gasteiger partial charge in [0.2, 0.25) is 5.88 Å². The molecule has 0 aliphatic heterocycles. The highest BCUT2D eigenvalue weighted by Crippen LogP contribution is 2.20. The fourth-order valence-corrected chi connectivity index (χ4v) is 3.09. The second kappa shape index (κ2) is 13.5. The lowest BCUT2D eigenvalue weighted by molar-refractivity contribution is 0.0827. The molecule has 1 aromatic heterocycles. The van der Waals surface area contributed by atoms with Gasteiger partial charge in [-0.25, -0.2) is 9.37 Å². The van der Waals surface area contributed by atoms with Crippen molar-refractivity contribution < 1.29 is 13.9 Å². The van der Waals surface area contributed by atoms with Gasteiger partial charge >= 0.3 is 0 Å². The minimum atomic E-state index is -0.318. The van der Waals surface area contributed by atoms with Gasteiger partial charge in [0.1, 0.15) is 11.6 Å². The van der Waals surface area contributed by atoms with Crippen LogP contribution in [0.4, 0.5) is 4.39 Å². The van der Waals surface area contributed by atoms with E-state index in [2.05, 4.69) is 20.6 Å². The Kier molecular flexibility index (Phi) is 10.7. The molecule has 3 aromatic rings. The molecular weight excluding hydrogens is 548 g/mol. The number of guanidine groups is 1. The number of benzene rings is 2. The van der Waals surface area contributed by atoms with Crippen LogP contribution in [0, 0.1) is 5.82 Å². The third-order valence-corrected chi connectivity index (χ3v) is 4.81. The zero-order chi connectivity index (χ0) is 23.6. The van der Waals surface area contributed by atoms with Gasteiger partial charge < -0.3 is 20.3 Å². The Labute approximate surface area is 216 Å². The van der Waals surface area contributed by atoms with E-state index in [1.165, 1.54) is 12.1 Å². The summed E-state index contributed by atoms with van der Waals surface area (Å²) in [6.45, 7) is 1.18. The van der Waals surface area contributed by atoms with Crippen LogP contribution in [-0.2, 0) is 13.0 Å². The number of hydrogen-bond donors (Lipinski definition) is 2. The molecule has 0 unspecified atom stereocenters. The summed E-state index contributed by atoms with van der Waals surface area (Å²) in [4.78, 5) is 22.2. The van der Waals surface area contributed by atoms with E-state index >= 15 is 0 Å². The number of ether oxygens (including phenoxy) is 1. The van der Waals surface area contributed by atoms with Gasteiger partial charge in [-0.1, -0.05) is 12.1 Å². The van der Waals surface area contributed by atoms with Gasteiger partial charge in [0, 0.05) is 52.1 Å². The number of carbonyl (C=O) groups excluding carboxylic acids is 1. The third-order valence-electron chi connectivity index (χ3n) is 4.81. The normalized spacial score (nSPS) is 10.8. The SMILES string of the molecule is CN=C(NCCc1cccc(C(=O)N(C)C)c1)NCc1ccnc(Oc2ccc(F)cc2)c1.I. The van der Waals surface area contributed by atoms with Crippen LogP contribution in [0.2, 0.25) is 0 Å². The number of rotatable bonds is 8. The van der Waals surface area contributed by atoms with E-state index in [0.29, 0.717) is 36.2 Å². The van der Waals surface area contributed by atoms with Crippen LogP contribution in [0.15, 0.2) is 71.9 Å². The molecule has 7 nitrogen and oxygen atoms in total. The van der Waals surface area contributed by atoms with Gasteiger partial charge in [-0.2, -0.15) is 0 Å². The molecule has 180 valence electrons. The van der Waals surface area contributed by atoms with E-state index in [1.54, 1.807) is 44.4 Å². The molecule has 9 heteroatoms. The first-order chi connectivity index (χ1) is 15.9. The Hall–Kier alpha value is -3.21. The lowest BCUT2D eigenvalue weighted by Gasteiger charge is -2.13. The molecule has 0 spiro atoms. The van der Waals surface area contributed by atoms with E-state index in [-0.39, 0.29) is 35.7 Å². The summed E-state index contributed by atoms with van der Waals surface area (Å²) in [5.74, 6) is 1.27. The molecule has 0 bridgehead atoms. The highest BCUT2D eigenvalue weighted by molar-refractivity contribution is 14.0. The molecule has 0 saturated heterocycles. The molecule has 1 heterocycles. The zero-order valence-corrected chi connectivity index (χ0v) is 21.7. The van der Waals surface area contributed by atoms with Crippen LogP contribution in [-0.4, -0.2) is 49.4 Å². The van der Waals surface area contributed by atoms with Crippen molar-refractivity contribution in [1.29, 1.82) is 0 Å². The minimum Gasteiger partial charge on any atom is -0.439 e. The van der Waals surface area contributed by atoms with Crippen LogP contribution in [0.5, 0.6) is 11.6 Å². The highest BCUT2D eigenvalue weighted by Gasteiger charge is 2.08. The lowest BCUT2D eigenvalue weighted by Crippen LogP contribution is -2.37. The van der Waals surface area contributed by atoms with Crippen molar-refractivity contribution in [3.05, 3.63) is 89.4 Å². The second-order valence-corrected chi connectivity index (χ2v) is 7.56. The van der Waals surface area contributed by atoms with Gasteiger partial charge in [0.05, 0.1) is 0 Å². The number of halogens is 2. The van der Waals surface area contributed by atoms with Crippen molar-refractivity contribution in [3.63, 3.8) is 0 Å². The van der Waals surface area contributed by atoms with Gasteiger partial charge in [-0.05, 0) is 60.0 Å². The van der Waals surface area contributed by atoms with Crippen LogP contribution < -0.4 is 15.4 Å². The molecule has 2 aromatic carbocycles. The van der Waals surface area contributed by atoms with Crippen molar-refractivity contribution in [3.8, 4) is 11.6 Å². The topological polar surface area (TPSA) is 78.9 Å². The van der Waals surface area contributed by atoms with Gasteiger partial charge in [0.25, 0.3) is 5.91 Å². The standard InChI is InChI=1S/C25H28FN5O2.HI/c1-27-25(29-14-11-18-5-4-6-20(15-18)24(32)31(2)3)30-17-19-12-13-28-23(16-19)33-22-9-7-21(26)8-10-22;/h4-10,12-13,15-16H,11,14,17H2,1-3H3,(H2,27,29,30);1H. The minimum absolute atomic E-state index is 0. The number of aliphatic imine (C=N–C) groups is 1. The molecule has 0 aliphatic carbocycles. The smallest absolute Gasteiger partial charge is 0.253 e. The van der Waals surface area contributed by atoms with Crippen molar-refractivity contribution in [2.45, 2.75) is 13.0 Å². The number of carbonyl (C=O) groups is 1. The highest BCUT2D eigenvalue weighted by atomic mass is 127. The first-order valence-corrected chi connectivity index (χ1v) is 10.6. The Morgan fingerprint density at radius 2 is 1.82 bits per heavy atom. The predicted molar refractivity (Wildman–Crippen MR) is 142 cm³/mol. The van der Waals surface area contributed by atoms with Crippen molar-refractivity contribution in [1.82, 2.24) is 20.5 Å². The Balaban J connectivity index is 0.00000408. The second-order valence-electron chi connectivity index (χ2n) is 7.56. The number of aromatic nitrogens is 1. The summed E-state index contributed by atoms with van der Waals surface area (Å²) in [5, 5.41) is 6.54. The molecule has 0 atom stereocenters. The Morgan fingerprint density at radius 1 is 1.06 bits per heavy atom. The maximum atomic E-state index is 13.1. The summed E-state index contributed by atoms with van der Waals surface area (Å²) in [7, 11) is 5.20. The van der Waals surface area contributed by atoms with Gasteiger partial charge in [-0.3, -0.25) is 9.79 Å². The fourth-order valence-electron chi connectivity index (χ4n) is 3.09. The maximum Gasteiger partial charge on any atom is 0.253 e. The van der Waals surface area contributed by atoms with E-state index in [0.717, 1.165) is 17.5 Å². The molecule has 34 heavy (non-hydrogen) atoms. The number of hydrogen-bond acceptors (Lipinski definition) is 4.